The van der Waals surface area contributed by atoms with Gasteiger partial charge in [-0.2, -0.15) is 5.26 Å². The summed E-state index contributed by atoms with van der Waals surface area (Å²) in [7, 11) is 1.35. The van der Waals surface area contributed by atoms with Crippen molar-refractivity contribution in [2.45, 2.75) is 24.8 Å². The van der Waals surface area contributed by atoms with E-state index >= 15 is 0 Å². The van der Waals surface area contributed by atoms with E-state index in [1.807, 2.05) is 6.07 Å². The SMILES string of the molecule is COc1c(F)cc(C2(N)CCC2)cc1C#N. The van der Waals surface area contributed by atoms with Crippen LogP contribution in [0.5, 0.6) is 5.75 Å². The van der Waals surface area contributed by atoms with Crippen molar-refractivity contribution in [2.75, 3.05) is 7.11 Å². The first-order chi connectivity index (χ1) is 7.60. The molecule has 16 heavy (non-hydrogen) atoms. The van der Waals surface area contributed by atoms with Crippen molar-refractivity contribution < 1.29 is 9.13 Å². The number of benzene rings is 1. The highest BCUT2D eigenvalue weighted by Crippen LogP contribution is 2.40. The van der Waals surface area contributed by atoms with Crippen LogP contribution in [0, 0.1) is 17.1 Å². The lowest BCUT2D eigenvalue weighted by molar-refractivity contribution is 0.252. The highest BCUT2D eigenvalue weighted by Gasteiger charge is 2.35. The molecule has 1 aliphatic rings. The number of nitrogens with zero attached hydrogens (tertiary/aromatic N) is 1. The molecule has 0 atom stereocenters. The topological polar surface area (TPSA) is 59.0 Å². The summed E-state index contributed by atoms with van der Waals surface area (Å²) in [4.78, 5) is 0. The van der Waals surface area contributed by atoms with Gasteiger partial charge in [0.1, 0.15) is 6.07 Å². The van der Waals surface area contributed by atoms with E-state index in [9.17, 15) is 4.39 Å². The van der Waals surface area contributed by atoms with E-state index in [2.05, 4.69) is 0 Å². The zero-order chi connectivity index (χ0) is 11.8. The third-order valence-electron chi connectivity index (χ3n) is 3.19. The second-order valence-electron chi connectivity index (χ2n) is 4.16. The molecule has 0 radical (unpaired) electrons. The van der Waals surface area contributed by atoms with Crippen LogP contribution in [0.25, 0.3) is 0 Å². The second-order valence-corrected chi connectivity index (χ2v) is 4.16. The molecule has 1 saturated carbocycles. The molecule has 0 unspecified atom stereocenters. The maximum Gasteiger partial charge on any atom is 0.172 e. The van der Waals surface area contributed by atoms with Crippen molar-refractivity contribution in [3.63, 3.8) is 0 Å². The molecular weight excluding hydrogens is 207 g/mol. The Morgan fingerprint density at radius 2 is 2.19 bits per heavy atom. The fourth-order valence-corrected chi connectivity index (χ4v) is 2.02. The zero-order valence-corrected chi connectivity index (χ0v) is 9.09. The van der Waals surface area contributed by atoms with Crippen molar-refractivity contribution in [3.8, 4) is 11.8 Å². The Labute approximate surface area is 93.6 Å². The van der Waals surface area contributed by atoms with Crippen molar-refractivity contribution in [2.24, 2.45) is 5.73 Å². The van der Waals surface area contributed by atoms with E-state index in [1.54, 1.807) is 6.07 Å². The summed E-state index contributed by atoms with van der Waals surface area (Å²) in [6.45, 7) is 0. The summed E-state index contributed by atoms with van der Waals surface area (Å²) in [5.74, 6) is -0.526. The summed E-state index contributed by atoms with van der Waals surface area (Å²) in [5.41, 5.74) is 6.52. The zero-order valence-electron chi connectivity index (χ0n) is 9.09. The van der Waals surface area contributed by atoms with Gasteiger partial charge in [-0.1, -0.05) is 0 Å². The van der Waals surface area contributed by atoms with Crippen molar-refractivity contribution in [1.29, 1.82) is 5.26 Å². The molecule has 1 aromatic rings. The highest BCUT2D eigenvalue weighted by molar-refractivity contribution is 5.48. The number of methoxy groups -OCH3 is 1. The highest BCUT2D eigenvalue weighted by atomic mass is 19.1. The molecule has 0 aromatic heterocycles. The molecule has 0 amide bonds. The fourth-order valence-electron chi connectivity index (χ4n) is 2.02. The Bertz CT molecular complexity index is 461. The molecule has 0 aliphatic heterocycles. The number of hydrogen-bond acceptors (Lipinski definition) is 3. The van der Waals surface area contributed by atoms with E-state index in [-0.39, 0.29) is 11.3 Å². The van der Waals surface area contributed by atoms with Crippen LogP contribution in [-0.2, 0) is 5.54 Å². The van der Waals surface area contributed by atoms with Gasteiger partial charge in [0, 0.05) is 5.54 Å². The number of ether oxygens (including phenoxy) is 1. The number of hydrogen-bond donors (Lipinski definition) is 1. The van der Waals surface area contributed by atoms with Gasteiger partial charge in [0.2, 0.25) is 0 Å². The maximum absolute atomic E-state index is 13.7. The molecule has 1 fully saturated rings. The van der Waals surface area contributed by atoms with Crippen molar-refractivity contribution in [1.82, 2.24) is 0 Å². The monoisotopic (exact) mass is 220 g/mol. The van der Waals surface area contributed by atoms with Crippen molar-refractivity contribution in [3.05, 3.63) is 29.1 Å². The second kappa shape index (κ2) is 3.76. The summed E-state index contributed by atoms with van der Waals surface area (Å²) >= 11 is 0. The van der Waals surface area contributed by atoms with Gasteiger partial charge in [0.05, 0.1) is 12.7 Å². The van der Waals surface area contributed by atoms with Crippen LogP contribution in [0.4, 0.5) is 4.39 Å². The average molecular weight is 220 g/mol. The molecule has 0 saturated heterocycles. The van der Waals surface area contributed by atoms with Crippen LogP contribution in [0.1, 0.15) is 30.4 Å². The third kappa shape index (κ3) is 1.54. The largest absolute Gasteiger partial charge is 0.492 e. The standard InChI is InChI=1S/C12H13FN2O/c1-16-11-8(7-14)5-9(6-10(11)13)12(15)3-2-4-12/h5-6H,2-4,15H2,1H3. The molecule has 4 heteroatoms. The van der Waals surface area contributed by atoms with E-state index in [4.69, 9.17) is 15.7 Å². The first-order valence-electron chi connectivity index (χ1n) is 5.18. The number of nitriles is 1. The van der Waals surface area contributed by atoms with Gasteiger partial charge in [0.15, 0.2) is 11.6 Å². The molecule has 0 bridgehead atoms. The summed E-state index contributed by atoms with van der Waals surface area (Å²) < 4.78 is 18.5. The Morgan fingerprint density at radius 3 is 2.62 bits per heavy atom. The minimum atomic E-state index is -0.520. The number of halogens is 1. The van der Waals surface area contributed by atoms with Crippen LogP contribution >= 0.6 is 0 Å². The number of nitrogens with two attached hydrogens (primary N) is 1. The Balaban J connectivity index is 2.51. The van der Waals surface area contributed by atoms with Gasteiger partial charge in [-0.15, -0.1) is 0 Å². The molecule has 1 aliphatic carbocycles. The normalized spacial score (nSPS) is 17.4. The van der Waals surface area contributed by atoms with Crippen LogP contribution in [0.2, 0.25) is 0 Å². The van der Waals surface area contributed by atoms with Crippen molar-refractivity contribution >= 4 is 0 Å². The van der Waals surface area contributed by atoms with E-state index in [1.165, 1.54) is 13.2 Å². The van der Waals surface area contributed by atoms with Gasteiger partial charge in [0.25, 0.3) is 0 Å². The molecule has 0 spiro atoms. The lowest BCUT2D eigenvalue weighted by Gasteiger charge is -2.38. The smallest absolute Gasteiger partial charge is 0.172 e. The van der Waals surface area contributed by atoms with Crippen LogP contribution in [0.15, 0.2) is 12.1 Å². The van der Waals surface area contributed by atoms with Gasteiger partial charge in [-0.05, 0) is 37.0 Å². The fraction of sp³-hybridized carbons (Fsp3) is 0.417. The number of rotatable bonds is 2. The van der Waals surface area contributed by atoms with Gasteiger partial charge in [-0.3, -0.25) is 0 Å². The first kappa shape index (κ1) is 10.9. The summed E-state index contributed by atoms with van der Waals surface area (Å²) in [6.07, 6.45) is 2.72. The minimum absolute atomic E-state index is 0.00539. The van der Waals surface area contributed by atoms with Gasteiger partial charge in [-0.25, -0.2) is 4.39 Å². The molecule has 2 rings (SSSR count). The minimum Gasteiger partial charge on any atom is -0.492 e. The lowest BCUT2D eigenvalue weighted by Crippen LogP contribution is -2.43. The first-order valence-corrected chi connectivity index (χ1v) is 5.18. The van der Waals surface area contributed by atoms with Gasteiger partial charge < -0.3 is 10.5 Å². The maximum atomic E-state index is 13.7. The van der Waals surface area contributed by atoms with E-state index in [0.717, 1.165) is 19.3 Å². The third-order valence-corrected chi connectivity index (χ3v) is 3.19. The van der Waals surface area contributed by atoms with E-state index in [0.29, 0.717) is 5.56 Å². The van der Waals surface area contributed by atoms with Crippen LogP contribution in [0.3, 0.4) is 0 Å². The summed E-state index contributed by atoms with van der Waals surface area (Å²) in [6, 6.07) is 4.93. The molecule has 2 N–H and O–H groups in total. The molecule has 84 valence electrons. The molecular formula is C12H13FN2O. The average Bonchev–Trinajstić information content (AvgIpc) is 2.24. The Morgan fingerprint density at radius 1 is 1.50 bits per heavy atom. The Hall–Kier alpha value is -1.60. The summed E-state index contributed by atoms with van der Waals surface area (Å²) in [5, 5.41) is 8.92. The predicted molar refractivity (Wildman–Crippen MR) is 57.4 cm³/mol. The van der Waals surface area contributed by atoms with Crippen LogP contribution < -0.4 is 10.5 Å². The van der Waals surface area contributed by atoms with Crippen LogP contribution in [-0.4, -0.2) is 7.11 Å². The molecule has 1 aromatic carbocycles. The quantitative estimate of drug-likeness (QED) is 0.829. The lowest BCUT2D eigenvalue weighted by atomic mass is 9.72. The van der Waals surface area contributed by atoms with Gasteiger partial charge >= 0.3 is 0 Å². The molecule has 3 nitrogen and oxygen atoms in total. The molecule has 0 heterocycles. The van der Waals surface area contributed by atoms with E-state index < -0.39 is 11.4 Å². The Kier molecular flexibility index (Phi) is 2.56. The predicted octanol–water partition coefficient (Wildman–Crippen LogP) is 2.04.